The molecule has 7 heteroatoms. The number of Topliss-reactive ketones (excluding diaryl/α,β-unsaturated/α-hetero) is 1. The average Bonchev–Trinajstić information content (AvgIpc) is 3.33. The zero-order valence-electron chi connectivity index (χ0n) is 14.3. The summed E-state index contributed by atoms with van der Waals surface area (Å²) in [6, 6.07) is 11.1. The number of anilines is 1. The Hall–Kier alpha value is -2.80. The molecule has 1 saturated heterocycles. The number of nitrogens with one attached hydrogen (secondary N) is 1. The number of amides is 1. The fraction of sp³-hybridized carbons (Fsp3) is 0.211. The van der Waals surface area contributed by atoms with Crippen molar-refractivity contribution in [3.05, 3.63) is 60.6 Å². The molecule has 0 bridgehead atoms. The van der Waals surface area contributed by atoms with E-state index in [0.717, 1.165) is 16.6 Å². The van der Waals surface area contributed by atoms with E-state index in [1.807, 2.05) is 36.4 Å². The summed E-state index contributed by atoms with van der Waals surface area (Å²) in [5, 5.41) is 3.43. The zero-order valence-corrected chi connectivity index (χ0v) is 15.1. The molecule has 1 aliphatic heterocycles. The van der Waals surface area contributed by atoms with E-state index in [-0.39, 0.29) is 17.7 Å². The van der Waals surface area contributed by atoms with Gasteiger partial charge in [0.2, 0.25) is 0 Å². The summed E-state index contributed by atoms with van der Waals surface area (Å²) < 4.78 is 3.61. The number of nitrogens with zero attached hydrogens (tertiary/aromatic N) is 3. The molecular weight excluding hydrogens is 348 g/mol. The van der Waals surface area contributed by atoms with Gasteiger partial charge in [-0.15, -0.1) is 0 Å². The van der Waals surface area contributed by atoms with Gasteiger partial charge in [-0.05, 0) is 30.1 Å². The number of hydrogen-bond acceptors (Lipinski definition) is 5. The molecule has 1 fully saturated rings. The number of fused-ring (bicyclic) bond motifs is 1. The van der Waals surface area contributed by atoms with Gasteiger partial charge in [0.15, 0.2) is 5.78 Å². The first-order valence-electron chi connectivity index (χ1n) is 8.36. The molecule has 3 aromatic rings. The summed E-state index contributed by atoms with van der Waals surface area (Å²) in [7, 11) is 1.58. The highest BCUT2D eigenvalue weighted by atomic mass is 32.2. The second-order valence-corrected chi connectivity index (χ2v) is 7.15. The normalized spacial score (nSPS) is 16.8. The molecule has 26 heavy (non-hydrogen) atoms. The maximum absolute atomic E-state index is 13.2. The first kappa shape index (κ1) is 16.7. The van der Waals surface area contributed by atoms with Crippen LogP contribution in [0.25, 0.3) is 10.9 Å². The number of aromatic nitrogens is 2. The minimum Gasteiger partial charge on any atom is -0.340 e. The van der Waals surface area contributed by atoms with Gasteiger partial charge >= 0.3 is 6.03 Å². The molecule has 1 amide bonds. The van der Waals surface area contributed by atoms with Crippen molar-refractivity contribution < 1.29 is 9.59 Å². The Morgan fingerprint density at radius 1 is 1.23 bits per heavy atom. The Morgan fingerprint density at radius 2 is 2.08 bits per heavy atom. The van der Waals surface area contributed by atoms with Gasteiger partial charge in [0.05, 0.1) is 23.3 Å². The summed E-state index contributed by atoms with van der Waals surface area (Å²) in [5.41, 5.74) is 2.34. The van der Waals surface area contributed by atoms with Gasteiger partial charge in [-0.3, -0.25) is 14.3 Å². The summed E-state index contributed by atoms with van der Waals surface area (Å²) >= 11 is 1.64. The van der Waals surface area contributed by atoms with E-state index in [9.17, 15) is 9.59 Å². The molecule has 0 spiro atoms. The van der Waals surface area contributed by atoms with E-state index in [1.165, 1.54) is 4.57 Å². The molecule has 6 nitrogen and oxygen atoms in total. The Morgan fingerprint density at radius 3 is 2.85 bits per heavy atom. The number of carbonyl (C=O) groups excluding carboxylic acids is 2. The Labute approximate surface area is 155 Å². The number of para-hydroxylation sites is 1. The molecule has 2 aromatic heterocycles. The number of pyridine rings is 1. The quantitative estimate of drug-likeness (QED) is 0.570. The van der Waals surface area contributed by atoms with Crippen LogP contribution in [-0.2, 0) is 0 Å². The van der Waals surface area contributed by atoms with Crippen molar-refractivity contribution in [3.63, 3.8) is 0 Å². The van der Waals surface area contributed by atoms with Crippen molar-refractivity contribution in [1.82, 2.24) is 14.9 Å². The monoisotopic (exact) mass is 366 g/mol. The molecule has 132 valence electrons. The van der Waals surface area contributed by atoms with E-state index >= 15 is 0 Å². The summed E-state index contributed by atoms with van der Waals surface area (Å²) in [6.07, 6.45) is 5.20. The Balaban J connectivity index is 1.64. The topological polar surface area (TPSA) is 67.2 Å². The largest absolute Gasteiger partial charge is 0.340 e. The van der Waals surface area contributed by atoms with Crippen LogP contribution in [0.1, 0.15) is 10.4 Å². The predicted octanol–water partition coefficient (Wildman–Crippen LogP) is 3.19. The van der Waals surface area contributed by atoms with E-state index in [4.69, 9.17) is 0 Å². The first-order chi connectivity index (χ1) is 12.7. The second kappa shape index (κ2) is 6.84. The highest BCUT2D eigenvalue weighted by Crippen LogP contribution is 2.34. The third-order valence-corrected chi connectivity index (χ3v) is 5.76. The fourth-order valence-corrected chi connectivity index (χ4v) is 4.37. The van der Waals surface area contributed by atoms with Crippen LogP contribution >= 0.6 is 11.9 Å². The van der Waals surface area contributed by atoms with Crippen molar-refractivity contribution in [2.24, 2.45) is 5.92 Å². The molecule has 0 radical (unpaired) electrons. The van der Waals surface area contributed by atoms with Gasteiger partial charge < -0.3 is 9.62 Å². The highest BCUT2D eigenvalue weighted by Gasteiger charge is 2.32. The van der Waals surface area contributed by atoms with Gasteiger partial charge in [-0.25, -0.2) is 4.79 Å². The minimum absolute atomic E-state index is 0.0720. The maximum atomic E-state index is 13.2. The van der Waals surface area contributed by atoms with E-state index in [0.29, 0.717) is 17.9 Å². The van der Waals surface area contributed by atoms with Crippen LogP contribution in [0.3, 0.4) is 0 Å². The van der Waals surface area contributed by atoms with Crippen LogP contribution in [0.5, 0.6) is 0 Å². The van der Waals surface area contributed by atoms with Gasteiger partial charge in [0.1, 0.15) is 0 Å². The summed E-state index contributed by atoms with van der Waals surface area (Å²) in [5.74, 6) is 0.666. The van der Waals surface area contributed by atoms with Crippen LogP contribution in [0.15, 0.2) is 55.0 Å². The van der Waals surface area contributed by atoms with Crippen molar-refractivity contribution >= 4 is 40.4 Å². The van der Waals surface area contributed by atoms with E-state index in [2.05, 4.69) is 14.6 Å². The number of rotatable bonds is 3. The third kappa shape index (κ3) is 2.84. The number of carbonyl (C=O) groups is 2. The second-order valence-electron chi connectivity index (χ2n) is 6.11. The molecule has 1 unspecified atom stereocenters. The smallest absolute Gasteiger partial charge is 0.325 e. The van der Waals surface area contributed by atoms with Crippen LogP contribution in [0.2, 0.25) is 0 Å². The predicted molar refractivity (Wildman–Crippen MR) is 104 cm³/mol. The summed E-state index contributed by atoms with van der Waals surface area (Å²) in [4.78, 5) is 29.4. The number of ketones is 1. The lowest BCUT2D eigenvalue weighted by Crippen LogP contribution is -2.24. The van der Waals surface area contributed by atoms with Gasteiger partial charge in [0, 0.05) is 42.7 Å². The van der Waals surface area contributed by atoms with E-state index < -0.39 is 0 Å². The van der Waals surface area contributed by atoms with Gasteiger partial charge in [-0.1, -0.05) is 18.2 Å². The lowest BCUT2D eigenvalue weighted by atomic mass is 9.98. The number of benzene rings is 1. The lowest BCUT2D eigenvalue weighted by Gasteiger charge is -2.15. The SMILES string of the molecule is CNC(=O)n1cc(C(=O)C2CSN(c3cccnc3)C2)c2ccccc21. The Bertz CT molecular complexity index is 970. The molecular formula is C19H18N4O2S. The first-order valence-corrected chi connectivity index (χ1v) is 9.30. The lowest BCUT2D eigenvalue weighted by molar-refractivity contribution is 0.0942. The van der Waals surface area contributed by atoms with E-state index in [1.54, 1.807) is 37.6 Å². The standard InChI is InChI=1S/C19H18N4O2S/c1-20-19(25)22-11-16(15-6-2-3-7-17(15)22)18(24)13-10-23(26-12-13)14-5-4-8-21-9-14/h2-9,11,13H,10,12H2,1H3,(H,20,25). The molecule has 3 heterocycles. The average molecular weight is 366 g/mol. The molecule has 1 N–H and O–H groups in total. The highest BCUT2D eigenvalue weighted by molar-refractivity contribution is 8.00. The third-order valence-electron chi connectivity index (χ3n) is 4.53. The molecule has 1 aromatic carbocycles. The van der Waals surface area contributed by atoms with Crippen molar-refractivity contribution in [2.45, 2.75) is 0 Å². The summed E-state index contributed by atoms with van der Waals surface area (Å²) in [6.45, 7) is 0.634. The Kier molecular flexibility index (Phi) is 4.38. The molecule has 1 atom stereocenters. The van der Waals surface area contributed by atoms with Crippen molar-refractivity contribution in [3.8, 4) is 0 Å². The van der Waals surface area contributed by atoms with Crippen LogP contribution < -0.4 is 9.62 Å². The molecule has 4 rings (SSSR count). The fourth-order valence-electron chi connectivity index (χ4n) is 3.21. The van der Waals surface area contributed by atoms with Crippen molar-refractivity contribution in [2.75, 3.05) is 23.7 Å². The van der Waals surface area contributed by atoms with Crippen LogP contribution in [0.4, 0.5) is 10.5 Å². The van der Waals surface area contributed by atoms with Crippen LogP contribution in [0, 0.1) is 5.92 Å². The van der Waals surface area contributed by atoms with Crippen LogP contribution in [-0.4, -0.2) is 40.7 Å². The molecule has 0 saturated carbocycles. The van der Waals surface area contributed by atoms with Crippen molar-refractivity contribution in [1.29, 1.82) is 0 Å². The minimum atomic E-state index is -0.252. The van der Waals surface area contributed by atoms with Gasteiger partial charge in [-0.2, -0.15) is 0 Å². The molecule has 1 aliphatic rings. The zero-order chi connectivity index (χ0) is 18.1. The van der Waals surface area contributed by atoms with Gasteiger partial charge in [0.25, 0.3) is 0 Å². The number of hydrogen-bond donors (Lipinski definition) is 1. The maximum Gasteiger partial charge on any atom is 0.325 e. The molecule has 0 aliphatic carbocycles.